The number of morpholine rings is 1. The van der Waals surface area contributed by atoms with E-state index in [1.807, 2.05) is 53.1 Å². The molecule has 1 atom stereocenters. The number of pyridine rings is 1. The van der Waals surface area contributed by atoms with E-state index in [1.165, 1.54) is 6.42 Å². The lowest BCUT2D eigenvalue weighted by Gasteiger charge is -2.29. The van der Waals surface area contributed by atoms with Crippen molar-refractivity contribution in [2.45, 2.75) is 19.4 Å². The van der Waals surface area contributed by atoms with E-state index in [1.54, 1.807) is 12.3 Å². The first-order chi connectivity index (χ1) is 19.6. The third-order valence-corrected chi connectivity index (χ3v) is 7.98. The zero-order chi connectivity index (χ0) is 27.5. The van der Waals surface area contributed by atoms with Crippen LogP contribution in [0, 0.1) is 23.1 Å². The minimum absolute atomic E-state index is 0.232. The molecule has 8 heteroatoms. The Morgan fingerprint density at radius 2 is 1.88 bits per heavy atom. The molecule has 4 heterocycles. The number of imidazole rings is 1. The molecule has 0 saturated carbocycles. The quantitative estimate of drug-likeness (QED) is 0.320. The van der Waals surface area contributed by atoms with Gasteiger partial charge in [0, 0.05) is 61.2 Å². The number of nitriles is 1. The van der Waals surface area contributed by atoms with Crippen LogP contribution in [-0.4, -0.2) is 72.2 Å². The molecule has 0 amide bonds. The molecule has 2 aromatic carbocycles. The van der Waals surface area contributed by atoms with Crippen LogP contribution in [0.15, 0.2) is 60.9 Å². The Kier molecular flexibility index (Phi) is 7.78. The van der Waals surface area contributed by atoms with E-state index in [0.29, 0.717) is 54.8 Å². The maximum absolute atomic E-state index is 15.5. The fourth-order valence-electron chi connectivity index (χ4n) is 5.85. The first kappa shape index (κ1) is 26.5. The number of halogens is 1. The van der Waals surface area contributed by atoms with E-state index in [9.17, 15) is 5.26 Å². The third kappa shape index (κ3) is 5.59. The van der Waals surface area contributed by atoms with Crippen LogP contribution in [-0.2, 0) is 11.3 Å². The largest absolute Gasteiger partial charge is 0.489 e. The lowest BCUT2D eigenvalue weighted by atomic mass is 9.96. The molecule has 0 unspecified atom stereocenters. The van der Waals surface area contributed by atoms with Crippen LogP contribution >= 0.6 is 0 Å². The number of piperidine rings is 1. The molecule has 0 radical (unpaired) electrons. The van der Waals surface area contributed by atoms with Crippen LogP contribution in [0.3, 0.4) is 0 Å². The van der Waals surface area contributed by atoms with Crippen molar-refractivity contribution >= 4 is 5.65 Å². The highest BCUT2D eigenvalue weighted by Gasteiger charge is 2.22. The average Bonchev–Trinajstić information content (AvgIpc) is 3.47. The van der Waals surface area contributed by atoms with Crippen molar-refractivity contribution in [2.24, 2.45) is 5.92 Å². The van der Waals surface area contributed by atoms with Gasteiger partial charge in [-0.1, -0.05) is 24.3 Å². The summed E-state index contributed by atoms with van der Waals surface area (Å²) < 4.78 is 29.4. The van der Waals surface area contributed by atoms with Gasteiger partial charge in [0.1, 0.15) is 5.82 Å². The van der Waals surface area contributed by atoms with Crippen molar-refractivity contribution < 1.29 is 13.9 Å². The molecule has 6 rings (SSSR count). The van der Waals surface area contributed by atoms with Crippen LogP contribution in [0.1, 0.15) is 24.0 Å². The lowest BCUT2D eigenvalue weighted by molar-refractivity contribution is 0.0337. The highest BCUT2D eigenvalue weighted by atomic mass is 19.1. The minimum Gasteiger partial charge on any atom is -0.489 e. The van der Waals surface area contributed by atoms with Crippen molar-refractivity contribution in [2.75, 3.05) is 53.0 Å². The molecule has 0 spiro atoms. The Labute approximate surface area is 234 Å². The van der Waals surface area contributed by atoms with Gasteiger partial charge in [-0.05, 0) is 56.3 Å². The van der Waals surface area contributed by atoms with E-state index in [-0.39, 0.29) is 5.82 Å². The smallest absolute Gasteiger partial charge is 0.180 e. The van der Waals surface area contributed by atoms with Gasteiger partial charge in [-0.2, -0.15) is 5.26 Å². The van der Waals surface area contributed by atoms with E-state index in [2.05, 4.69) is 27.9 Å². The Bertz CT molecular complexity index is 1520. The SMILES string of the molecule is CN1CCC[C@@H](COc2cc(-c3ccc(C#N)cc3)c(-c3ccc(CN4CCOCC4)c(F)c3)n3ccnc23)C1. The summed E-state index contributed by atoms with van der Waals surface area (Å²) in [7, 11) is 2.15. The van der Waals surface area contributed by atoms with Crippen molar-refractivity contribution in [3.8, 4) is 34.2 Å². The summed E-state index contributed by atoms with van der Waals surface area (Å²) in [6.07, 6.45) is 5.97. The molecule has 2 aliphatic heterocycles. The number of benzene rings is 2. The number of likely N-dealkylation sites (tertiary alicyclic amines) is 1. The first-order valence-electron chi connectivity index (χ1n) is 14.0. The van der Waals surface area contributed by atoms with Crippen LogP contribution in [0.5, 0.6) is 5.75 Å². The molecule has 2 saturated heterocycles. The van der Waals surface area contributed by atoms with E-state index in [4.69, 9.17) is 9.47 Å². The third-order valence-electron chi connectivity index (χ3n) is 7.98. The molecular formula is C32H34FN5O2. The Balaban J connectivity index is 1.40. The zero-order valence-electron chi connectivity index (χ0n) is 22.9. The summed E-state index contributed by atoms with van der Waals surface area (Å²) in [5.74, 6) is 0.926. The summed E-state index contributed by atoms with van der Waals surface area (Å²) in [4.78, 5) is 9.20. The van der Waals surface area contributed by atoms with Gasteiger partial charge in [0.25, 0.3) is 0 Å². The second-order valence-corrected chi connectivity index (χ2v) is 10.9. The minimum atomic E-state index is -0.232. The number of fused-ring (bicyclic) bond motifs is 1. The molecule has 40 heavy (non-hydrogen) atoms. The van der Waals surface area contributed by atoms with Crippen LogP contribution in [0.4, 0.5) is 4.39 Å². The van der Waals surface area contributed by atoms with Crippen molar-refractivity contribution in [1.29, 1.82) is 5.26 Å². The predicted octanol–water partition coefficient (Wildman–Crippen LogP) is 5.23. The second-order valence-electron chi connectivity index (χ2n) is 10.9. The topological polar surface area (TPSA) is 66.0 Å². The number of hydrogen-bond acceptors (Lipinski definition) is 6. The summed E-state index contributed by atoms with van der Waals surface area (Å²) >= 11 is 0. The maximum Gasteiger partial charge on any atom is 0.180 e. The van der Waals surface area contributed by atoms with Crippen LogP contribution < -0.4 is 4.74 Å². The van der Waals surface area contributed by atoms with Crippen LogP contribution in [0.25, 0.3) is 28.0 Å². The standard InChI is InChI=1S/C32H34FN5O2/c1-36-11-2-3-24(20-36)22-40-30-18-28(25-6-4-23(19-34)5-7-25)31(38-12-10-35-32(30)38)26-8-9-27(29(33)17-26)21-37-13-15-39-16-14-37/h4-10,12,17-18,24H,2-3,11,13-16,20-22H2,1H3/t24-/m1/s1. The number of rotatable bonds is 7. The van der Waals surface area contributed by atoms with Crippen molar-refractivity contribution in [1.82, 2.24) is 19.2 Å². The van der Waals surface area contributed by atoms with Gasteiger partial charge in [0.15, 0.2) is 11.4 Å². The average molecular weight is 540 g/mol. The molecule has 2 fully saturated rings. The first-order valence-corrected chi connectivity index (χ1v) is 14.0. The van der Waals surface area contributed by atoms with Crippen molar-refractivity contribution in [3.63, 3.8) is 0 Å². The molecule has 4 aromatic rings. The highest BCUT2D eigenvalue weighted by molar-refractivity contribution is 5.85. The van der Waals surface area contributed by atoms with E-state index in [0.717, 1.165) is 55.0 Å². The fourth-order valence-corrected chi connectivity index (χ4v) is 5.85. The summed E-state index contributed by atoms with van der Waals surface area (Å²) in [6, 6.07) is 17.2. The highest BCUT2D eigenvalue weighted by Crippen LogP contribution is 2.38. The number of nitrogens with zero attached hydrogens (tertiary/aromatic N) is 5. The number of ether oxygens (including phenoxy) is 2. The number of aromatic nitrogens is 2. The van der Waals surface area contributed by atoms with E-state index < -0.39 is 0 Å². The van der Waals surface area contributed by atoms with Gasteiger partial charge in [-0.3, -0.25) is 9.30 Å². The van der Waals surface area contributed by atoms with Crippen molar-refractivity contribution in [3.05, 3.63) is 77.9 Å². The maximum atomic E-state index is 15.5. The predicted molar refractivity (Wildman–Crippen MR) is 153 cm³/mol. The summed E-state index contributed by atoms with van der Waals surface area (Å²) in [5, 5.41) is 9.34. The summed E-state index contributed by atoms with van der Waals surface area (Å²) in [6.45, 7) is 6.28. The van der Waals surface area contributed by atoms with E-state index >= 15 is 4.39 Å². The molecule has 2 aromatic heterocycles. The number of hydrogen-bond donors (Lipinski definition) is 0. The zero-order valence-corrected chi connectivity index (χ0v) is 22.9. The molecule has 0 bridgehead atoms. The fraction of sp³-hybridized carbons (Fsp3) is 0.375. The molecule has 0 aliphatic carbocycles. The van der Waals surface area contributed by atoms with Gasteiger partial charge in [-0.25, -0.2) is 9.37 Å². The monoisotopic (exact) mass is 539 g/mol. The van der Waals surface area contributed by atoms with Gasteiger partial charge < -0.3 is 14.4 Å². The molecule has 2 aliphatic rings. The van der Waals surface area contributed by atoms with Gasteiger partial charge in [-0.15, -0.1) is 0 Å². The van der Waals surface area contributed by atoms with Gasteiger partial charge >= 0.3 is 0 Å². The second kappa shape index (κ2) is 11.8. The molecule has 7 nitrogen and oxygen atoms in total. The Morgan fingerprint density at radius 3 is 2.62 bits per heavy atom. The normalized spacial score (nSPS) is 18.6. The molecule has 0 N–H and O–H groups in total. The summed E-state index contributed by atoms with van der Waals surface area (Å²) in [5.41, 5.74) is 5.37. The molecule has 206 valence electrons. The van der Waals surface area contributed by atoms with Gasteiger partial charge in [0.05, 0.1) is 37.1 Å². The lowest BCUT2D eigenvalue weighted by Crippen LogP contribution is -2.35. The Morgan fingerprint density at radius 1 is 1.07 bits per heavy atom. The van der Waals surface area contributed by atoms with Gasteiger partial charge in [0.2, 0.25) is 0 Å². The Hall–Kier alpha value is -3.77. The van der Waals surface area contributed by atoms with Crippen LogP contribution in [0.2, 0.25) is 0 Å². The molecular weight excluding hydrogens is 505 g/mol.